The first-order valence-corrected chi connectivity index (χ1v) is 5.21. The van der Waals surface area contributed by atoms with Gasteiger partial charge in [0.25, 0.3) is 0 Å². The van der Waals surface area contributed by atoms with Gasteiger partial charge in [-0.1, -0.05) is 30.3 Å². The molecule has 1 fully saturated rings. The maximum Gasteiger partial charge on any atom is 0.0979 e. The molecule has 1 saturated heterocycles. The molecule has 0 unspecified atom stereocenters. The molecule has 1 heterocycles. The zero-order valence-electron chi connectivity index (χ0n) is 8.73. The Kier molecular flexibility index (Phi) is 2.85. The first-order chi connectivity index (χ1) is 6.77. The summed E-state index contributed by atoms with van der Waals surface area (Å²) in [6.45, 7) is 5.23. The molecule has 1 aliphatic rings. The predicted octanol–water partition coefficient (Wildman–Crippen LogP) is 2.12. The highest BCUT2D eigenvalue weighted by molar-refractivity contribution is 5.19. The summed E-state index contributed by atoms with van der Waals surface area (Å²) < 4.78 is 5.92. The molecule has 1 aliphatic heterocycles. The van der Waals surface area contributed by atoms with E-state index in [0.717, 1.165) is 6.54 Å². The average molecular weight is 191 g/mol. The summed E-state index contributed by atoms with van der Waals surface area (Å²) >= 11 is 0. The first-order valence-electron chi connectivity index (χ1n) is 5.21. The van der Waals surface area contributed by atoms with Crippen molar-refractivity contribution >= 4 is 0 Å². The molecule has 2 rings (SSSR count). The lowest BCUT2D eigenvalue weighted by Gasteiger charge is -2.34. The largest absolute Gasteiger partial charge is 0.368 e. The van der Waals surface area contributed by atoms with Crippen LogP contribution in [0.3, 0.4) is 0 Å². The SMILES string of the molecule is C[C@@H]1CN[C@H](C)[C@H](c2ccccc2)O1. The Morgan fingerprint density at radius 3 is 2.64 bits per heavy atom. The minimum Gasteiger partial charge on any atom is -0.368 e. The minimum absolute atomic E-state index is 0.194. The number of benzene rings is 1. The molecule has 0 aliphatic carbocycles. The Bertz CT molecular complexity index is 286. The van der Waals surface area contributed by atoms with Crippen LogP contribution in [-0.2, 0) is 4.74 Å². The second-order valence-electron chi connectivity index (χ2n) is 3.97. The van der Waals surface area contributed by atoms with Gasteiger partial charge in [0.2, 0.25) is 0 Å². The fourth-order valence-electron chi connectivity index (χ4n) is 1.89. The van der Waals surface area contributed by atoms with E-state index in [4.69, 9.17) is 4.74 Å². The molecule has 14 heavy (non-hydrogen) atoms. The van der Waals surface area contributed by atoms with Crippen molar-refractivity contribution in [3.8, 4) is 0 Å². The Morgan fingerprint density at radius 1 is 1.21 bits per heavy atom. The van der Waals surface area contributed by atoms with Crippen molar-refractivity contribution in [3.63, 3.8) is 0 Å². The zero-order chi connectivity index (χ0) is 9.97. The lowest BCUT2D eigenvalue weighted by molar-refractivity contribution is -0.0520. The van der Waals surface area contributed by atoms with Crippen molar-refractivity contribution in [1.82, 2.24) is 5.32 Å². The Morgan fingerprint density at radius 2 is 1.93 bits per heavy atom. The van der Waals surface area contributed by atoms with Crippen molar-refractivity contribution in [2.45, 2.75) is 32.1 Å². The first kappa shape index (κ1) is 9.69. The maximum atomic E-state index is 5.92. The van der Waals surface area contributed by atoms with Gasteiger partial charge in [0.15, 0.2) is 0 Å². The van der Waals surface area contributed by atoms with Crippen molar-refractivity contribution in [2.24, 2.45) is 0 Å². The van der Waals surface area contributed by atoms with Gasteiger partial charge in [0.1, 0.15) is 0 Å². The monoisotopic (exact) mass is 191 g/mol. The molecule has 0 amide bonds. The number of rotatable bonds is 1. The molecule has 0 spiro atoms. The van der Waals surface area contributed by atoms with E-state index in [1.807, 2.05) is 6.07 Å². The highest BCUT2D eigenvalue weighted by atomic mass is 16.5. The molecular formula is C12H17NO. The van der Waals surface area contributed by atoms with E-state index in [9.17, 15) is 0 Å². The molecule has 0 bridgehead atoms. The van der Waals surface area contributed by atoms with Crippen LogP contribution in [0.2, 0.25) is 0 Å². The van der Waals surface area contributed by atoms with Gasteiger partial charge in [-0.15, -0.1) is 0 Å². The summed E-state index contributed by atoms with van der Waals surface area (Å²) in [5.74, 6) is 0. The molecule has 0 radical (unpaired) electrons. The van der Waals surface area contributed by atoms with E-state index in [0.29, 0.717) is 12.1 Å². The van der Waals surface area contributed by atoms with Gasteiger partial charge in [0.05, 0.1) is 12.2 Å². The zero-order valence-corrected chi connectivity index (χ0v) is 8.73. The Balaban J connectivity index is 2.16. The van der Waals surface area contributed by atoms with E-state index in [1.165, 1.54) is 5.56 Å². The summed E-state index contributed by atoms with van der Waals surface area (Å²) in [6.07, 6.45) is 0.497. The third kappa shape index (κ3) is 1.97. The molecule has 1 aromatic rings. The van der Waals surface area contributed by atoms with Crippen molar-refractivity contribution in [2.75, 3.05) is 6.54 Å². The Hall–Kier alpha value is -0.860. The van der Waals surface area contributed by atoms with E-state index >= 15 is 0 Å². The smallest absolute Gasteiger partial charge is 0.0979 e. The number of nitrogens with one attached hydrogen (secondary N) is 1. The summed E-state index contributed by atoms with van der Waals surface area (Å²) in [6, 6.07) is 10.8. The maximum absolute atomic E-state index is 5.92. The molecule has 3 atom stereocenters. The lowest BCUT2D eigenvalue weighted by atomic mass is 10.0. The third-order valence-electron chi connectivity index (χ3n) is 2.69. The van der Waals surface area contributed by atoms with Gasteiger partial charge in [0, 0.05) is 12.6 Å². The number of hydrogen-bond acceptors (Lipinski definition) is 2. The molecular weight excluding hydrogens is 174 g/mol. The summed E-state index contributed by atoms with van der Waals surface area (Å²) in [4.78, 5) is 0. The Labute approximate surface area is 85.3 Å². The topological polar surface area (TPSA) is 21.3 Å². The third-order valence-corrected chi connectivity index (χ3v) is 2.69. The summed E-state index contributed by atoms with van der Waals surface area (Å²) in [7, 11) is 0. The van der Waals surface area contributed by atoms with Crippen LogP contribution in [-0.4, -0.2) is 18.7 Å². The second kappa shape index (κ2) is 4.11. The van der Waals surface area contributed by atoms with Crippen LogP contribution >= 0.6 is 0 Å². The van der Waals surface area contributed by atoms with Gasteiger partial charge < -0.3 is 10.1 Å². The van der Waals surface area contributed by atoms with Gasteiger partial charge in [-0.05, 0) is 19.4 Å². The summed E-state index contributed by atoms with van der Waals surface area (Å²) in [5.41, 5.74) is 1.26. The molecule has 1 aromatic carbocycles. The van der Waals surface area contributed by atoms with Crippen LogP contribution in [0.4, 0.5) is 0 Å². The van der Waals surface area contributed by atoms with E-state index in [-0.39, 0.29) is 6.10 Å². The standard InChI is InChI=1S/C12H17NO/c1-9-8-13-10(2)12(14-9)11-6-4-3-5-7-11/h3-7,9-10,12-13H,8H2,1-2H3/t9-,10-,12-/m1/s1. The highest BCUT2D eigenvalue weighted by Crippen LogP contribution is 2.25. The molecule has 76 valence electrons. The lowest BCUT2D eigenvalue weighted by Crippen LogP contribution is -2.45. The van der Waals surface area contributed by atoms with Crippen LogP contribution in [0.25, 0.3) is 0 Å². The number of morpholine rings is 1. The van der Waals surface area contributed by atoms with Crippen LogP contribution in [0.15, 0.2) is 30.3 Å². The van der Waals surface area contributed by atoms with Crippen molar-refractivity contribution < 1.29 is 4.74 Å². The van der Waals surface area contributed by atoms with Gasteiger partial charge in [-0.25, -0.2) is 0 Å². The van der Waals surface area contributed by atoms with Crippen LogP contribution in [0, 0.1) is 0 Å². The number of ether oxygens (including phenoxy) is 1. The fraction of sp³-hybridized carbons (Fsp3) is 0.500. The average Bonchev–Trinajstić information content (AvgIpc) is 2.23. The highest BCUT2D eigenvalue weighted by Gasteiger charge is 2.26. The molecule has 2 heteroatoms. The summed E-state index contributed by atoms with van der Waals surface area (Å²) in [5, 5.41) is 3.46. The molecule has 2 nitrogen and oxygen atoms in total. The molecule has 1 N–H and O–H groups in total. The predicted molar refractivity (Wildman–Crippen MR) is 57.2 cm³/mol. The van der Waals surface area contributed by atoms with Crippen LogP contribution in [0.1, 0.15) is 25.5 Å². The molecule has 0 aromatic heterocycles. The normalized spacial score (nSPS) is 32.9. The quantitative estimate of drug-likeness (QED) is 0.734. The van der Waals surface area contributed by atoms with Crippen LogP contribution < -0.4 is 5.32 Å². The fourth-order valence-corrected chi connectivity index (χ4v) is 1.89. The van der Waals surface area contributed by atoms with Gasteiger partial charge in [-0.2, -0.15) is 0 Å². The van der Waals surface area contributed by atoms with E-state index < -0.39 is 0 Å². The van der Waals surface area contributed by atoms with Crippen molar-refractivity contribution in [3.05, 3.63) is 35.9 Å². The van der Waals surface area contributed by atoms with Crippen LogP contribution in [0.5, 0.6) is 0 Å². The van der Waals surface area contributed by atoms with E-state index in [1.54, 1.807) is 0 Å². The van der Waals surface area contributed by atoms with E-state index in [2.05, 4.69) is 43.4 Å². The number of hydrogen-bond donors (Lipinski definition) is 1. The van der Waals surface area contributed by atoms with Crippen molar-refractivity contribution in [1.29, 1.82) is 0 Å². The van der Waals surface area contributed by atoms with Gasteiger partial charge in [-0.3, -0.25) is 0 Å². The minimum atomic E-state index is 0.194. The molecule has 0 saturated carbocycles. The van der Waals surface area contributed by atoms with Gasteiger partial charge >= 0.3 is 0 Å². The second-order valence-corrected chi connectivity index (χ2v) is 3.97.